The third-order valence-electron chi connectivity index (χ3n) is 3.76. The molecule has 0 spiro atoms. The van der Waals surface area contributed by atoms with Crippen LogP contribution in [0.3, 0.4) is 0 Å². The first-order valence-corrected chi connectivity index (χ1v) is 7.42. The lowest BCUT2D eigenvalue weighted by molar-refractivity contribution is 0.489. The van der Waals surface area contributed by atoms with Gasteiger partial charge in [-0.05, 0) is 41.5 Å². The van der Waals surface area contributed by atoms with E-state index in [1.165, 1.54) is 20.9 Å². The monoisotopic (exact) mass is 254 g/mol. The maximum atomic E-state index is 2.33. The Balaban J connectivity index is 2.14. The first-order chi connectivity index (χ1) is 8.75. The van der Waals surface area contributed by atoms with Gasteiger partial charge in [-0.2, -0.15) is 0 Å². The molecule has 92 valence electrons. The molecule has 0 radical (unpaired) electrons. The average molecular weight is 254 g/mol. The largest absolute Gasteiger partial charge is 0.0895 e. The highest BCUT2D eigenvalue weighted by Gasteiger charge is 2.24. The van der Waals surface area contributed by atoms with E-state index in [9.17, 15) is 0 Å². The minimum Gasteiger partial charge on any atom is -0.0895 e. The molecule has 0 fully saturated rings. The fraction of sp³-hybridized carbons (Fsp3) is 0.294. The molecule has 1 atom stereocenters. The van der Waals surface area contributed by atoms with Gasteiger partial charge in [0.15, 0.2) is 0 Å². The SMILES string of the molecule is CC(C)C1Cc2ccccc2Sc2ccccc21. The lowest BCUT2D eigenvalue weighted by Crippen LogP contribution is -2.09. The summed E-state index contributed by atoms with van der Waals surface area (Å²) in [5.41, 5.74) is 3.02. The fourth-order valence-corrected chi connectivity index (χ4v) is 3.86. The van der Waals surface area contributed by atoms with Gasteiger partial charge in [0.05, 0.1) is 0 Å². The Labute approximate surface area is 113 Å². The molecule has 1 aliphatic rings. The van der Waals surface area contributed by atoms with E-state index in [1.807, 2.05) is 11.8 Å². The van der Waals surface area contributed by atoms with Crippen LogP contribution in [0.4, 0.5) is 0 Å². The molecule has 2 aromatic carbocycles. The number of benzene rings is 2. The van der Waals surface area contributed by atoms with Crippen LogP contribution >= 0.6 is 11.8 Å². The van der Waals surface area contributed by atoms with Crippen molar-refractivity contribution in [3.05, 3.63) is 59.7 Å². The van der Waals surface area contributed by atoms with Crippen LogP contribution in [-0.2, 0) is 6.42 Å². The Morgan fingerprint density at radius 3 is 2.39 bits per heavy atom. The van der Waals surface area contributed by atoms with Crippen molar-refractivity contribution in [2.24, 2.45) is 5.92 Å². The van der Waals surface area contributed by atoms with Crippen molar-refractivity contribution < 1.29 is 0 Å². The van der Waals surface area contributed by atoms with Crippen LogP contribution in [0.15, 0.2) is 58.3 Å². The van der Waals surface area contributed by atoms with Crippen molar-refractivity contribution in [2.45, 2.75) is 36.0 Å². The van der Waals surface area contributed by atoms with Gasteiger partial charge in [0.2, 0.25) is 0 Å². The molecule has 0 aromatic heterocycles. The van der Waals surface area contributed by atoms with Gasteiger partial charge in [-0.25, -0.2) is 0 Å². The number of hydrogen-bond acceptors (Lipinski definition) is 1. The Bertz CT molecular complexity index is 557. The molecule has 0 saturated carbocycles. The Kier molecular flexibility index (Phi) is 3.17. The molecule has 0 amide bonds. The van der Waals surface area contributed by atoms with E-state index in [1.54, 1.807) is 0 Å². The van der Waals surface area contributed by atoms with Crippen LogP contribution in [0.5, 0.6) is 0 Å². The molecular formula is C17H18S. The Morgan fingerprint density at radius 1 is 0.944 bits per heavy atom. The first-order valence-electron chi connectivity index (χ1n) is 6.60. The van der Waals surface area contributed by atoms with E-state index >= 15 is 0 Å². The fourth-order valence-electron chi connectivity index (χ4n) is 2.71. The summed E-state index contributed by atoms with van der Waals surface area (Å²) in [6, 6.07) is 17.7. The Hall–Kier alpha value is -1.21. The predicted molar refractivity (Wildman–Crippen MR) is 78.3 cm³/mol. The van der Waals surface area contributed by atoms with Crippen molar-refractivity contribution >= 4 is 11.8 Å². The van der Waals surface area contributed by atoms with E-state index in [2.05, 4.69) is 62.4 Å². The lowest BCUT2D eigenvalue weighted by atomic mass is 9.83. The zero-order chi connectivity index (χ0) is 12.5. The molecule has 3 rings (SSSR count). The summed E-state index contributed by atoms with van der Waals surface area (Å²) >= 11 is 1.92. The van der Waals surface area contributed by atoms with Crippen molar-refractivity contribution in [1.82, 2.24) is 0 Å². The molecule has 0 saturated heterocycles. The van der Waals surface area contributed by atoms with E-state index in [0.717, 1.165) is 6.42 Å². The summed E-state index contributed by atoms with van der Waals surface area (Å²) in [6.45, 7) is 4.67. The highest BCUT2D eigenvalue weighted by molar-refractivity contribution is 7.99. The van der Waals surface area contributed by atoms with E-state index < -0.39 is 0 Å². The standard InChI is InChI=1S/C17H18S/c1-12(2)15-11-13-7-3-5-9-16(13)18-17-10-6-4-8-14(15)17/h3-10,12,15H,11H2,1-2H3. The topological polar surface area (TPSA) is 0 Å². The second-order valence-corrected chi connectivity index (χ2v) is 6.39. The normalized spacial score (nSPS) is 18.1. The maximum absolute atomic E-state index is 2.33. The molecular weight excluding hydrogens is 236 g/mol. The number of rotatable bonds is 1. The summed E-state index contributed by atoms with van der Waals surface area (Å²) in [5.74, 6) is 1.32. The molecule has 2 aromatic rings. The maximum Gasteiger partial charge on any atom is 0.0157 e. The summed E-state index contributed by atoms with van der Waals surface area (Å²) < 4.78 is 0. The number of hydrogen-bond donors (Lipinski definition) is 0. The molecule has 0 nitrogen and oxygen atoms in total. The van der Waals surface area contributed by atoms with Crippen molar-refractivity contribution in [1.29, 1.82) is 0 Å². The minimum absolute atomic E-state index is 0.636. The molecule has 0 bridgehead atoms. The molecule has 1 unspecified atom stereocenters. The van der Waals surface area contributed by atoms with Gasteiger partial charge in [-0.1, -0.05) is 62.0 Å². The van der Waals surface area contributed by atoms with Gasteiger partial charge in [-0.3, -0.25) is 0 Å². The molecule has 1 heterocycles. The van der Waals surface area contributed by atoms with Crippen LogP contribution in [0.25, 0.3) is 0 Å². The van der Waals surface area contributed by atoms with Gasteiger partial charge in [-0.15, -0.1) is 0 Å². The lowest BCUT2D eigenvalue weighted by Gasteiger charge is -2.21. The molecule has 18 heavy (non-hydrogen) atoms. The van der Waals surface area contributed by atoms with E-state index in [0.29, 0.717) is 11.8 Å². The van der Waals surface area contributed by atoms with Gasteiger partial charge in [0, 0.05) is 9.79 Å². The zero-order valence-corrected chi connectivity index (χ0v) is 11.7. The molecule has 1 aliphatic heterocycles. The van der Waals surface area contributed by atoms with Crippen LogP contribution in [0.2, 0.25) is 0 Å². The average Bonchev–Trinajstić information content (AvgIpc) is 2.55. The highest BCUT2D eigenvalue weighted by Crippen LogP contribution is 2.43. The third kappa shape index (κ3) is 2.08. The highest BCUT2D eigenvalue weighted by atomic mass is 32.2. The second kappa shape index (κ2) is 4.81. The van der Waals surface area contributed by atoms with Crippen molar-refractivity contribution in [3.63, 3.8) is 0 Å². The van der Waals surface area contributed by atoms with Crippen molar-refractivity contribution in [2.75, 3.05) is 0 Å². The van der Waals surface area contributed by atoms with Crippen LogP contribution in [0.1, 0.15) is 30.9 Å². The first kappa shape index (κ1) is 11.9. The van der Waals surface area contributed by atoms with Gasteiger partial charge in [0.1, 0.15) is 0 Å². The molecule has 0 N–H and O–H groups in total. The Morgan fingerprint density at radius 2 is 1.61 bits per heavy atom. The van der Waals surface area contributed by atoms with Gasteiger partial charge >= 0.3 is 0 Å². The summed E-state index contributed by atoms with van der Waals surface area (Å²) in [4.78, 5) is 2.86. The summed E-state index contributed by atoms with van der Waals surface area (Å²) in [7, 11) is 0. The van der Waals surface area contributed by atoms with Crippen molar-refractivity contribution in [3.8, 4) is 0 Å². The third-order valence-corrected chi connectivity index (χ3v) is 4.97. The molecule has 1 heteroatoms. The summed E-state index contributed by atoms with van der Waals surface area (Å²) in [5, 5.41) is 0. The predicted octanol–water partition coefficient (Wildman–Crippen LogP) is 5.13. The van der Waals surface area contributed by atoms with Crippen LogP contribution < -0.4 is 0 Å². The smallest absolute Gasteiger partial charge is 0.0157 e. The van der Waals surface area contributed by atoms with Gasteiger partial charge < -0.3 is 0 Å². The van der Waals surface area contributed by atoms with E-state index in [4.69, 9.17) is 0 Å². The van der Waals surface area contributed by atoms with Crippen LogP contribution in [0, 0.1) is 5.92 Å². The quantitative estimate of drug-likeness (QED) is 0.679. The summed E-state index contributed by atoms with van der Waals surface area (Å²) in [6.07, 6.45) is 1.16. The van der Waals surface area contributed by atoms with Gasteiger partial charge in [0.25, 0.3) is 0 Å². The molecule has 0 aliphatic carbocycles. The second-order valence-electron chi connectivity index (χ2n) is 5.30. The zero-order valence-electron chi connectivity index (χ0n) is 10.9. The van der Waals surface area contributed by atoms with Crippen LogP contribution in [-0.4, -0.2) is 0 Å². The number of fused-ring (bicyclic) bond motifs is 2. The van der Waals surface area contributed by atoms with E-state index in [-0.39, 0.29) is 0 Å². The minimum atomic E-state index is 0.636.